The van der Waals surface area contributed by atoms with Crippen molar-refractivity contribution in [2.75, 3.05) is 5.73 Å². The molecule has 3 N–H and O–H groups in total. The van der Waals surface area contributed by atoms with Gasteiger partial charge < -0.3 is 10.6 Å². The lowest BCUT2D eigenvalue weighted by Gasteiger charge is -2.02. The third kappa shape index (κ3) is 3.20. The van der Waals surface area contributed by atoms with Gasteiger partial charge in [-0.25, -0.2) is 9.78 Å². The fourth-order valence-corrected chi connectivity index (χ4v) is 2.26. The van der Waals surface area contributed by atoms with Crippen LogP contribution in [0.2, 0.25) is 0 Å². The molecule has 0 radical (unpaired) electrons. The number of anilines is 1. The minimum Gasteiger partial charge on any atom is -0.389 e. The van der Waals surface area contributed by atoms with Gasteiger partial charge in [0.2, 0.25) is 5.82 Å². The van der Waals surface area contributed by atoms with E-state index >= 15 is 0 Å². The molecule has 9 heteroatoms. The fourth-order valence-electron chi connectivity index (χ4n) is 1.71. The SMILES string of the molecule is Nc1nc(CON=C(c2ccccc2)c2noc(=O)[nH]2)cs1. The number of thiazole rings is 1. The summed E-state index contributed by atoms with van der Waals surface area (Å²) in [4.78, 5) is 22.9. The van der Waals surface area contributed by atoms with E-state index in [-0.39, 0.29) is 12.4 Å². The number of H-pyrrole nitrogens is 1. The molecule has 0 aliphatic carbocycles. The van der Waals surface area contributed by atoms with E-state index in [1.807, 2.05) is 30.3 Å². The van der Waals surface area contributed by atoms with Crippen molar-refractivity contribution in [2.45, 2.75) is 6.61 Å². The van der Waals surface area contributed by atoms with E-state index in [1.54, 1.807) is 5.38 Å². The van der Waals surface area contributed by atoms with E-state index < -0.39 is 5.76 Å². The molecule has 2 heterocycles. The molecule has 1 aromatic carbocycles. The molecule has 0 saturated heterocycles. The van der Waals surface area contributed by atoms with Crippen LogP contribution in [0.5, 0.6) is 0 Å². The van der Waals surface area contributed by atoms with Crippen LogP contribution in [-0.4, -0.2) is 20.8 Å². The monoisotopic (exact) mass is 317 g/mol. The molecule has 8 nitrogen and oxygen atoms in total. The van der Waals surface area contributed by atoms with E-state index in [0.717, 1.165) is 5.56 Å². The molecule has 0 bridgehead atoms. The van der Waals surface area contributed by atoms with Crippen LogP contribution in [0.1, 0.15) is 17.1 Å². The standard InChI is InChI=1S/C13H11N5O3S/c14-12-15-9(7-22-12)6-20-17-10(8-4-2-1-3-5-8)11-16-13(19)21-18-11/h1-5,7H,6H2,(H2,14,15)(H,16,18,19). The highest BCUT2D eigenvalue weighted by molar-refractivity contribution is 7.13. The molecule has 0 fully saturated rings. The highest BCUT2D eigenvalue weighted by Gasteiger charge is 2.13. The number of hydrogen-bond acceptors (Lipinski definition) is 8. The van der Waals surface area contributed by atoms with Gasteiger partial charge in [-0.3, -0.25) is 9.51 Å². The fraction of sp³-hybridized carbons (Fsp3) is 0.0769. The number of benzene rings is 1. The minimum atomic E-state index is -0.661. The van der Waals surface area contributed by atoms with Crippen LogP contribution in [0.4, 0.5) is 5.13 Å². The van der Waals surface area contributed by atoms with E-state index in [0.29, 0.717) is 16.5 Å². The second-order valence-electron chi connectivity index (χ2n) is 4.20. The smallest absolute Gasteiger partial charge is 0.389 e. The van der Waals surface area contributed by atoms with Crippen LogP contribution in [-0.2, 0) is 11.4 Å². The van der Waals surface area contributed by atoms with Crippen LogP contribution >= 0.6 is 11.3 Å². The predicted molar refractivity (Wildman–Crippen MR) is 80.5 cm³/mol. The Morgan fingerprint density at radius 2 is 2.23 bits per heavy atom. The van der Waals surface area contributed by atoms with Crippen LogP contribution in [0.25, 0.3) is 0 Å². The quantitative estimate of drug-likeness (QED) is 0.542. The molecule has 0 spiro atoms. The number of oxime groups is 1. The average Bonchev–Trinajstić information content (AvgIpc) is 3.13. The summed E-state index contributed by atoms with van der Waals surface area (Å²) in [5.74, 6) is -0.472. The average molecular weight is 317 g/mol. The normalized spacial score (nSPS) is 11.5. The second-order valence-corrected chi connectivity index (χ2v) is 5.09. The first-order valence-corrected chi connectivity index (χ1v) is 7.12. The second kappa shape index (κ2) is 6.22. The van der Waals surface area contributed by atoms with E-state index in [2.05, 4.69) is 24.8 Å². The molecule has 0 atom stereocenters. The van der Waals surface area contributed by atoms with Gasteiger partial charge in [0.1, 0.15) is 0 Å². The maximum atomic E-state index is 11.1. The Balaban J connectivity index is 1.85. The van der Waals surface area contributed by atoms with Crippen LogP contribution < -0.4 is 11.5 Å². The Morgan fingerprint density at radius 1 is 1.41 bits per heavy atom. The summed E-state index contributed by atoms with van der Waals surface area (Å²) >= 11 is 1.32. The molecule has 0 amide bonds. The van der Waals surface area contributed by atoms with Crippen molar-refractivity contribution in [2.24, 2.45) is 5.16 Å². The van der Waals surface area contributed by atoms with Gasteiger partial charge in [0.25, 0.3) is 0 Å². The molecule has 112 valence electrons. The number of nitrogens with zero attached hydrogens (tertiary/aromatic N) is 3. The molecule has 0 unspecified atom stereocenters. The van der Waals surface area contributed by atoms with E-state index in [9.17, 15) is 4.79 Å². The lowest BCUT2D eigenvalue weighted by molar-refractivity contribution is 0.128. The Kier molecular flexibility index (Phi) is 3.97. The van der Waals surface area contributed by atoms with Crippen LogP contribution in [0, 0.1) is 0 Å². The lowest BCUT2D eigenvalue weighted by Crippen LogP contribution is -2.09. The van der Waals surface area contributed by atoms with Gasteiger partial charge in [-0.15, -0.1) is 11.3 Å². The number of nitrogen functional groups attached to an aromatic ring is 1. The van der Waals surface area contributed by atoms with Gasteiger partial charge in [0.05, 0.1) is 5.69 Å². The number of nitrogens with one attached hydrogen (secondary N) is 1. The molecular formula is C13H11N5O3S. The zero-order valence-corrected chi connectivity index (χ0v) is 12.0. The Labute approximate surface area is 128 Å². The van der Waals surface area contributed by atoms with Crippen molar-refractivity contribution < 1.29 is 9.36 Å². The zero-order valence-electron chi connectivity index (χ0n) is 11.2. The highest BCUT2D eigenvalue weighted by atomic mass is 32.1. The van der Waals surface area contributed by atoms with Crippen molar-refractivity contribution in [1.29, 1.82) is 0 Å². The van der Waals surface area contributed by atoms with Crippen LogP contribution in [0.3, 0.4) is 0 Å². The molecule has 0 aliphatic rings. The van der Waals surface area contributed by atoms with Gasteiger partial charge in [-0.1, -0.05) is 40.6 Å². The number of aromatic amines is 1. The maximum Gasteiger partial charge on any atom is 0.439 e. The third-order valence-corrected chi connectivity index (χ3v) is 3.37. The van der Waals surface area contributed by atoms with Gasteiger partial charge in [-0.05, 0) is 0 Å². The van der Waals surface area contributed by atoms with Crippen LogP contribution in [0.15, 0.2) is 50.2 Å². The minimum absolute atomic E-state index is 0.159. The Morgan fingerprint density at radius 3 is 2.86 bits per heavy atom. The molecule has 3 rings (SSSR count). The summed E-state index contributed by atoms with van der Waals surface area (Å²) in [5, 5.41) is 9.91. The van der Waals surface area contributed by atoms with Crippen molar-refractivity contribution in [3.8, 4) is 0 Å². The van der Waals surface area contributed by atoms with Crippen molar-refractivity contribution in [1.82, 2.24) is 15.1 Å². The summed E-state index contributed by atoms with van der Waals surface area (Å²) in [5.41, 5.74) is 7.31. The predicted octanol–water partition coefficient (Wildman–Crippen LogP) is 1.37. The molecule has 0 aliphatic heterocycles. The Bertz CT molecular complexity index is 836. The zero-order chi connectivity index (χ0) is 15.4. The molecular weight excluding hydrogens is 306 g/mol. The van der Waals surface area contributed by atoms with Crippen molar-refractivity contribution in [3.05, 3.63) is 63.3 Å². The Hall–Kier alpha value is -2.94. The van der Waals surface area contributed by atoms with Crippen molar-refractivity contribution >= 4 is 22.2 Å². The van der Waals surface area contributed by atoms with Gasteiger partial charge in [0.15, 0.2) is 17.5 Å². The first-order chi connectivity index (χ1) is 10.7. The molecule has 3 aromatic rings. The van der Waals surface area contributed by atoms with Gasteiger partial charge in [-0.2, -0.15) is 0 Å². The number of nitrogens with two attached hydrogens (primary N) is 1. The lowest BCUT2D eigenvalue weighted by atomic mass is 10.1. The summed E-state index contributed by atoms with van der Waals surface area (Å²) in [6.45, 7) is 0.159. The topological polar surface area (TPSA) is 119 Å². The largest absolute Gasteiger partial charge is 0.439 e. The third-order valence-electron chi connectivity index (χ3n) is 2.65. The van der Waals surface area contributed by atoms with Crippen molar-refractivity contribution in [3.63, 3.8) is 0 Å². The number of hydrogen-bond donors (Lipinski definition) is 2. The molecule has 2 aromatic heterocycles. The number of aromatic nitrogens is 3. The van der Waals surface area contributed by atoms with E-state index in [1.165, 1.54) is 11.3 Å². The molecule has 22 heavy (non-hydrogen) atoms. The summed E-state index contributed by atoms with van der Waals surface area (Å²) in [7, 11) is 0. The highest BCUT2D eigenvalue weighted by Crippen LogP contribution is 2.12. The summed E-state index contributed by atoms with van der Waals surface area (Å²) in [6, 6.07) is 9.17. The summed E-state index contributed by atoms with van der Waals surface area (Å²) < 4.78 is 4.51. The molecule has 0 saturated carbocycles. The first kappa shape index (κ1) is 14.0. The van der Waals surface area contributed by atoms with E-state index in [4.69, 9.17) is 10.6 Å². The number of rotatable bonds is 5. The first-order valence-electron chi connectivity index (χ1n) is 6.24. The maximum absolute atomic E-state index is 11.1. The summed E-state index contributed by atoms with van der Waals surface area (Å²) in [6.07, 6.45) is 0. The van der Waals surface area contributed by atoms with Gasteiger partial charge in [0, 0.05) is 10.9 Å². The van der Waals surface area contributed by atoms with Gasteiger partial charge >= 0.3 is 5.76 Å².